The highest BCUT2D eigenvalue weighted by atomic mass is 35.5. The normalized spacial score (nSPS) is 16.8. The minimum Gasteiger partial charge on any atom is -0.341 e. The van der Waals surface area contributed by atoms with Gasteiger partial charge in [0.1, 0.15) is 0 Å². The first-order chi connectivity index (χ1) is 12.6. The highest BCUT2D eigenvalue weighted by Crippen LogP contribution is 2.27. The van der Waals surface area contributed by atoms with Gasteiger partial charge in [0.15, 0.2) is 0 Å². The lowest BCUT2D eigenvalue weighted by Gasteiger charge is -2.32. The van der Waals surface area contributed by atoms with Gasteiger partial charge >= 0.3 is 6.03 Å². The third-order valence-corrected chi connectivity index (χ3v) is 4.90. The number of hydrogen-bond acceptors (Lipinski definition) is 2. The van der Waals surface area contributed by atoms with Crippen LogP contribution in [0.4, 0.5) is 10.5 Å². The highest BCUT2D eigenvalue weighted by molar-refractivity contribution is 6.30. The highest BCUT2D eigenvalue weighted by Gasteiger charge is 2.24. The van der Waals surface area contributed by atoms with Crippen LogP contribution in [0.1, 0.15) is 34.7 Å². The predicted octanol–water partition coefficient (Wildman–Crippen LogP) is 4.11. The SMILES string of the molecule is CNC(=O)N1CCC[C@@H](c2cccc(C(=O)Nc3ccc(Cl)cc3)c2)C1. The van der Waals surface area contributed by atoms with Gasteiger partial charge in [0, 0.05) is 42.3 Å². The molecule has 0 saturated carbocycles. The van der Waals surface area contributed by atoms with E-state index in [1.54, 1.807) is 37.4 Å². The maximum atomic E-state index is 12.5. The third kappa shape index (κ3) is 4.35. The van der Waals surface area contributed by atoms with Crippen LogP contribution in [-0.4, -0.2) is 37.0 Å². The molecule has 2 aromatic rings. The Kier molecular flexibility index (Phi) is 5.78. The van der Waals surface area contributed by atoms with Crippen molar-refractivity contribution in [3.63, 3.8) is 0 Å². The molecule has 1 heterocycles. The zero-order valence-corrected chi connectivity index (χ0v) is 15.4. The van der Waals surface area contributed by atoms with Crippen molar-refractivity contribution in [2.45, 2.75) is 18.8 Å². The summed E-state index contributed by atoms with van der Waals surface area (Å²) in [6.45, 7) is 1.44. The number of piperidine rings is 1. The molecule has 1 fully saturated rings. The third-order valence-electron chi connectivity index (χ3n) is 4.64. The summed E-state index contributed by atoms with van der Waals surface area (Å²) in [7, 11) is 1.65. The summed E-state index contributed by atoms with van der Waals surface area (Å²) in [6.07, 6.45) is 1.97. The van der Waals surface area contributed by atoms with Gasteiger partial charge in [-0.05, 0) is 54.8 Å². The summed E-state index contributed by atoms with van der Waals surface area (Å²) in [5.74, 6) is 0.0810. The van der Waals surface area contributed by atoms with Gasteiger partial charge < -0.3 is 15.5 Å². The number of carbonyl (C=O) groups excluding carboxylic acids is 2. The number of likely N-dealkylation sites (tertiary alicyclic amines) is 1. The van der Waals surface area contributed by atoms with Crippen molar-refractivity contribution in [1.82, 2.24) is 10.2 Å². The molecule has 0 spiro atoms. The van der Waals surface area contributed by atoms with E-state index in [1.165, 1.54) is 0 Å². The minimum atomic E-state index is -0.159. The van der Waals surface area contributed by atoms with Crippen LogP contribution in [0.2, 0.25) is 5.02 Å². The number of urea groups is 1. The smallest absolute Gasteiger partial charge is 0.317 e. The average molecular weight is 372 g/mol. The fraction of sp³-hybridized carbons (Fsp3) is 0.300. The molecule has 2 aromatic carbocycles. The lowest BCUT2D eigenvalue weighted by atomic mass is 9.89. The second kappa shape index (κ2) is 8.23. The maximum absolute atomic E-state index is 12.5. The Morgan fingerprint density at radius 2 is 1.92 bits per heavy atom. The quantitative estimate of drug-likeness (QED) is 0.852. The first-order valence-electron chi connectivity index (χ1n) is 8.70. The number of anilines is 1. The summed E-state index contributed by atoms with van der Waals surface area (Å²) in [5, 5.41) is 6.19. The fourth-order valence-corrected chi connectivity index (χ4v) is 3.39. The number of carbonyl (C=O) groups is 2. The molecule has 3 amide bonds. The number of halogens is 1. The molecule has 3 rings (SSSR count). The van der Waals surface area contributed by atoms with Gasteiger partial charge in [-0.15, -0.1) is 0 Å². The number of hydrogen-bond donors (Lipinski definition) is 2. The van der Waals surface area contributed by atoms with E-state index in [9.17, 15) is 9.59 Å². The lowest BCUT2D eigenvalue weighted by Crippen LogP contribution is -2.43. The van der Waals surface area contributed by atoms with Crippen molar-refractivity contribution in [2.24, 2.45) is 0 Å². The van der Waals surface area contributed by atoms with Crippen molar-refractivity contribution in [2.75, 3.05) is 25.5 Å². The summed E-state index contributed by atoms with van der Waals surface area (Å²) in [4.78, 5) is 26.2. The van der Waals surface area contributed by atoms with Gasteiger partial charge in [0.2, 0.25) is 0 Å². The Morgan fingerprint density at radius 1 is 1.15 bits per heavy atom. The van der Waals surface area contributed by atoms with E-state index in [0.717, 1.165) is 24.9 Å². The van der Waals surface area contributed by atoms with Gasteiger partial charge in [-0.1, -0.05) is 23.7 Å². The molecule has 6 heteroatoms. The van der Waals surface area contributed by atoms with Gasteiger partial charge in [-0.2, -0.15) is 0 Å². The molecule has 0 aromatic heterocycles. The Bertz CT molecular complexity index is 792. The molecule has 1 atom stereocenters. The minimum absolute atomic E-state index is 0.0497. The Labute approximate surface area is 158 Å². The Balaban J connectivity index is 1.72. The molecule has 26 heavy (non-hydrogen) atoms. The standard InChI is InChI=1S/C20H22ClN3O2/c1-22-20(26)24-11-3-6-16(13-24)14-4-2-5-15(12-14)19(25)23-18-9-7-17(21)8-10-18/h2,4-5,7-10,12,16H,3,6,11,13H2,1H3,(H,22,26)(H,23,25)/t16-/m1/s1. The summed E-state index contributed by atoms with van der Waals surface area (Å²) in [6, 6.07) is 14.6. The number of nitrogens with zero attached hydrogens (tertiary/aromatic N) is 1. The second-order valence-corrected chi connectivity index (χ2v) is 6.86. The molecule has 1 aliphatic heterocycles. The van der Waals surface area contributed by atoms with E-state index >= 15 is 0 Å². The molecule has 0 bridgehead atoms. The summed E-state index contributed by atoms with van der Waals surface area (Å²) in [5.41, 5.74) is 2.39. The van der Waals surface area contributed by atoms with Crippen LogP contribution in [-0.2, 0) is 0 Å². The van der Waals surface area contributed by atoms with Gasteiger partial charge in [-0.25, -0.2) is 4.79 Å². The monoisotopic (exact) mass is 371 g/mol. The van der Waals surface area contributed by atoms with Gasteiger partial charge in [-0.3, -0.25) is 4.79 Å². The van der Waals surface area contributed by atoms with Crippen LogP contribution < -0.4 is 10.6 Å². The van der Waals surface area contributed by atoms with Crippen molar-refractivity contribution >= 4 is 29.2 Å². The fourth-order valence-electron chi connectivity index (χ4n) is 3.26. The molecule has 2 N–H and O–H groups in total. The van der Waals surface area contributed by atoms with Gasteiger partial charge in [0.05, 0.1) is 0 Å². The molecule has 1 saturated heterocycles. The zero-order chi connectivity index (χ0) is 18.5. The summed E-state index contributed by atoms with van der Waals surface area (Å²) >= 11 is 5.87. The molecule has 136 valence electrons. The van der Waals surface area contributed by atoms with Crippen LogP contribution in [0.3, 0.4) is 0 Å². The van der Waals surface area contributed by atoms with Crippen LogP contribution >= 0.6 is 11.6 Å². The van der Waals surface area contributed by atoms with E-state index in [1.807, 2.05) is 23.1 Å². The first kappa shape index (κ1) is 18.3. The van der Waals surface area contributed by atoms with E-state index in [2.05, 4.69) is 10.6 Å². The molecule has 0 aliphatic carbocycles. The summed E-state index contributed by atoms with van der Waals surface area (Å²) < 4.78 is 0. The van der Waals surface area contributed by atoms with Crippen LogP contribution in [0.25, 0.3) is 0 Å². The van der Waals surface area contributed by atoms with Crippen molar-refractivity contribution in [3.8, 4) is 0 Å². The van der Waals surface area contributed by atoms with Crippen molar-refractivity contribution in [1.29, 1.82) is 0 Å². The number of rotatable bonds is 3. The van der Waals surface area contributed by atoms with Crippen LogP contribution in [0.15, 0.2) is 48.5 Å². The van der Waals surface area contributed by atoms with E-state index < -0.39 is 0 Å². The average Bonchev–Trinajstić information content (AvgIpc) is 2.69. The number of amides is 3. The molecule has 0 radical (unpaired) electrons. The second-order valence-electron chi connectivity index (χ2n) is 6.43. The molecule has 5 nitrogen and oxygen atoms in total. The molecule has 0 unspecified atom stereocenters. The predicted molar refractivity (Wildman–Crippen MR) is 104 cm³/mol. The lowest BCUT2D eigenvalue weighted by molar-refractivity contribution is 0.102. The first-order valence-corrected chi connectivity index (χ1v) is 9.08. The van der Waals surface area contributed by atoms with Crippen molar-refractivity contribution < 1.29 is 9.59 Å². The van der Waals surface area contributed by atoms with E-state index in [0.29, 0.717) is 22.8 Å². The maximum Gasteiger partial charge on any atom is 0.317 e. The largest absolute Gasteiger partial charge is 0.341 e. The van der Waals surface area contributed by atoms with Crippen LogP contribution in [0.5, 0.6) is 0 Å². The topological polar surface area (TPSA) is 61.4 Å². The van der Waals surface area contributed by atoms with E-state index in [-0.39, 0.29) is 17.9 Å². The zero-order valence-electron chi connectivity index (χ0n) is 14.7. The Hall–Kier alpha value is -2.53. The van der Waals surface area contributed by atoms with Gasteiger partial charge in [0.25, 0.3) is 5.91 Å². The molecular weight excluding hydrogens is 350 g/mol. The molecule has 1 aliphatic rings. The number of benzene rings is 2. The van der Waals surface area contributed by atoms with Crippen molar-refractivity contribution in [3.05, 3.63) is 64.7 Å². The number of nitrogens with one attached hydrogen (secondary N) is 2. The molecular formula is C20H22ClN3O2. The van der Waals surface area contributed by atoms with E-state index in [4.69, 9.17) is 11.6 Å². The Morgan fingerprint density at radius 3 is 2.65 bits per heavy atom. The van der Waals surface area contributed by atoms with Crippen LogP contribution in [0, 0.1) is 0 Å².